The van der Waals surface area contributed by atoms with Crippen molar-refractivity contribution in [3.8, 4) is 0 Å². The van der Waals surface area contributed by atoms with Crippen LogP contribution in [-0.4, -0.2) is 63.1 Å². The van der Waals surface area contributed by atoms with E-state index in [0.29, 0.717) is 32.1 Å². The van der Waals surface area contributed by atoms with E-state index in [9.17, 15) is 4.79 Å². The summed E-state index contributed by atoms with van der Waals surface area (Å²) in [4.78, 5) is 18.2. The molecule has 1 N–H and O–H groups in total. The zero-order valence-corrected chi connectivity index (χ0v) is 14.8. The summed E-state index contributed by atoms with van der Waals surface area (Å²) in [6, 6.07) is 1.77. The Hall–Kier alpha value is -2.26. The molecule has 0 bridgehead atoms. The molecule has 0 radical (unpaired) electrons. The molecule has 9 heteroatoms. The van der Waals surface area contributed by atoms with Gasteiger partial charge >= 0.3 is 0 Å². The van der Waals surface area contributed by atoms with Gasteiger partial charge in [-0.1, -0.05) is 25.9 Å². The second-order valence-electron chi connectivity index (χ2n) is 7.22. The fourth-order valence-electron chi connectivity index (χ4n) is 2.64. The van der Waals surface area contributed by atoms with Crippen LogP contribution < -0.4 is 5.32 Å². The van der Waals surface area contributed by atoms with Crippen molar-refractivity contribution in [2.24, 2.45) is 0 Å². The molecule has 1 amide bonds. The highest BCUT2D eigenvalue weighted by Crippen LogP contribution is 2.23. The number of morpholine rings is 1. The quantitative estimate of drug-likeness (QED) is 0.857. The van der Waals surface area contributed by atoms with Gasteiger partial charge in [-0.25, -0.2) is 4.98 Å². The molecule has 0 aliphatic carbocycles. The summed E-state index contributed by atoms with van der Waals surface area (Å²) in [6.07, 6.45) is 3.14. The summed E-state index contributed by atoms with van der Waals surface area (Å²) in [5.41, 5.74) is 0.688. The predicted octanol–water partition coefficient (Wildman–Crippen LogP) is 0.903. The summed E-state index contributed by atoms with van der Waals surface area (Å²) >= 11 is 0. The molecule has 3 heterocycles. The maximum absolute atomic E-state index is 12.3. The van der Waals surface area contributed by atoms with Crippen molar-refractivity contribution < 1.29 is 14.1 Å². The van der Waals surface area contributed by atoms with Crippen molar-refractivity contribution in [3.05, 3.63) is 24.4 Å². The number of nitrogens with one attached hydrogen (secondary N) is 1. The van der Waals surface area contributed by atoms with Crippen LogP contribution in [0.3, 0.4) is 0 Å². The molecule has 1 aliphatic heterocycles. The van der Waals surface area contributed by atoms with Crippen molar-refractivity contribution in [3.63, 3.8) is 0 Å². The Bertz CT molecular complexity index is 691. The fourth-order valence-corrected chi connectivity index (χ4v) is 2.64. The molecular weight excluding hydrogens is 324 g/mol. The molecule has 1 saturated heterocycles. The van der Waals surface area contributed by atoms with E-state index < -0.39 is 0 Å². The van der Waals surface area contributed by atoms with Crippen LogP contribution in [-0.2, 0) is 21.5 Å². The van der Waals surface area contributed by atoms with E-state index in [2.05, 4.69) is 25.5 Å². The highest BCUT2D eigenvalue weighted by atomic mass is 16.5. The third-order valence-electron chi connectivity index (χ3n) is 3.99. The Morgan fingerprint density at radius 3 is 2.96 bits per heavy atom. The highest BCUT2D eigenvalue weighted by molar-refractivity contribution is 5.91. The molecule has 1 aliphatic rings. The summed E-state index contributed by atoms with van der Waals surface area (Å²) in [7, 11) is 0. The van der Waals surface area contributed by atoms with Crippen LogP contribution in [0.1, 0.15) is 26.5 Å². The van der Waals surface area contributed by atoms with E-state index in [0.717, 1.165) is 5.69 Å². The SMILES string of the molecule is CC(C)(C)c1cc(NC(=O)CN2CCO[C@H](Cn3cncn3)C2)on1. The first-order valence-electron chi connectivity index (χ1n) is 8.33. The maximum atomic E-state index is 12.3. The zero-order valence-electron chi connectivity index (χ0n) is 14.8. The van der Waals surface area contributed by atoms with Crippen LogP contribution in [0.2, 0.25) is 0 Å². The smallest absolute Gasteiger partial charge is 0.240 e. The normalized spacial score (nSPS) is 19.1. The van der Waals surface area contributed by atoms with Gasteiger partial charge in [-0.15, -0.1) is 0 Å². The van der Waals surface area contributed by atoms with Gasteiger partial charge in [0.05, 0.1) is 31.5 Å². The highest BCUT2D eigenvalue weighted by Gasteiger charge is 2.24. The Labute approximate surface area is 146 Å². The van der Waals surface area contributed by atoms with Gasteiger partial charge in [-0.2, -0.15) is 5.10 Å². The number of nitrogens with zero attached hydrogens (tertiary/aromatic N) is 5. The van der Waals surface area contributed by atoms with E-state index in [-0.39, 0.29) is 24.0 Å². The van der Waals surface area contributed by atoms with E-state index in [4.69, 9.17) is 9.26 Å². The summed E-state index contributed by atoms with van der Waals surface area (Å²) in [5.74, 6) is 0.250. The van der Waals surface area contributed by atoms with Gasteiger partial charge in [0.1, 0.15) is 12.7 Å². The van der Waals surface area contributed by atoms with Crippen molar-refractivity contribution >= 4 is 11.8 Å². The van der Waals surface area contributed by atoms with Crippen LogP contribution in [0, 0.1) is 0 Å². The molecule has 0 unspecified atom stereocenters. The van der Waals surface area contributed by atoms with Crippen LogP contribution >= 0.6 is 0 Å². The van der Waals surface area contributed by atoms with E-state index >= 15 is 0 Å². The minimum absolute atomic E-state index is 0.0129. The van der Waals surface area contributed by atoms with Crippen molar-refractivity contribution in [2.75, 3.05) is 31.6 Å². The lowest BCUT2D eigenvalue weighted by molar-refractivity contribution is -0.119. The molecule has 2 aromatic heterocycles. The Kier molecular flexibility index (Phi) is 5.14. The largest absolute Gasteiger partial charge is 0.374 e. The molecule has 1 fully saturated rings. The van der Waals surface area contributed by atoms with Gasteiger partial charge < -0.3 is 9.26 Å². The summed E-state index contributed by atoms with van der Waals surface area (Å²) < 4.78 is 12.7. The molecule has 136 valence electrons. The summed E-state index contributed by atoms with van der Waals surface area (Å²) in [5, 5.41) is 10.8. The van der Waals surface area contributed by atoms with Crippen LogP contribution in [0.15, 0.2) is 23.2 Å². The number of ether oxygens (including phenoxy) is 1. The average molecular weight is 348 g/mol. The predicted molar refractivity (Wildman–Crippen MR) is 90.0 cm³/mol. The van der Waals surface area contributed by atoms with Gasteiger partial charge in [0.15, 0.2) is 0 Å². The number of anilines is 1. The second-order valence-corrected chi connectivity index (χ2v) is 7.22. The number of aromatic nitrogens is 4. The van der Waals surface area contributed by atoms with Gasteiger partial charge in [0.2, 0.25) is 11.8 Å². The Balaban J connectivity index is 1.49. The molecule has 0 aromatic carbocycles. The van der Waals surface area contributed by atoms with Crippen molar-refractivity contribution in [2.45, 2.75) is 38.8 Å². The molecule has 2 aromatic rings. The van der Waals surface area contributed by atoms with E-state index in [1.54, 1.807) is 17.1 Å². The first kappa shape index (κ1) is 17.6. The number of carbonyl (C=O) groups is 1. The first-order valence-corrected chi connectivity index (χ1v) is 8.33. The molecule has 3 rings (SSSR count). The minimum atomic E-state index is -0.127. The average Bonchev–Trinajstić information content (AvgIpc) is 3.18. The van der Waals surface area contributed by atoms with E-state index in [1.807, 2.05) is 20.8 Å². The topological polar surface area (TPSA) is 98.3 Å². The Morgan fingerprint density at radius 2 is 2.28 bits per heavy atom. The van der Waals surface area contributed by atoms with Crippen molar-refractivity contribution in [1.82, 2.24) is 24.8 Å². The standard InChI is InChI=1S/C16H24N6O3/c1-16(2,3)13-6-15(25-20-13)19-14(23)9-21-4-5-24-12(7-21)8-22-11-17-10-18-22/h6,10-12H,4-5,7-9H2,1-3H3,(H,19,23)/t12-/m0/s1. The molecule has 25 heavy (non-hydrogen) atoms. The van der Waals surface area contributed by atoms with Gasteiger partial charge in [-0.05, 0) is 0 Å². The third-order valence-corrected chi connectivity index (χ3v) is 3.99. The first-order chi connectivity index (χ1) is 11.9. The van der Waals surface area contributed by atoms with Crippen LogP contribution in [0.25, 0.3) is 0 Å². The van der Waals surface area contributed by atoms with E-state index in [1.165, 1.54) is 6.33 Å². The number of hydrogen-bond donors (Lipinski definition) is 1. The van der Waals surface area contributed by atoms with Crippen molar-refractivity contribution in [1.29, 1.82) is 0 Å². The molecule has 0 spiro atoms. The number of hydrogen-bond acceptors (Lipinski definition) is 7. The van der Waals surface area contributed by atoms with Gasteiger partial charge in [-0.3, -0.25) is 19.7 Å². The van der Waals surface area contributed by atoms with Crippen LogP contribution in [0.5, 0.6) is 0 Å². The zero-order chi connectivity index (χ0) is 17.9. The molecule has 1 atom stereocenters. The third kappa shape index (κ3) is 4.86. The molecule has 9 nitrogen and oxygen atoms in total. The Morgan fingerprint density at radius 1 is 1.44 bits per heavy atom. The number of rotatable bonds is 5. The lowest BCUT2D eigenvalue weighted by Crippen LogP contribution is -2.47. The minimum Gasteiger partial charge on any atom is -0.374 e. The lowest BCUT2D eigenvalue weighted by Gasteiger charge is -2.32. The molecule has 0 saturated carbocycles. The monoisotopic (exact) mass is 348 g/mol. The van der Waals surface area contributed by atoms with Gasteiger partial charge in [0, 0.05) is 24.6 Å². The second kappa shape index (κ2) is 7.32. The van der Waals surface area contributed by atoms with Gasteiger partial charge in [0.25, 0.3) is 0 Å². The molecular formula is C16H24N6O3. The summed E-state index contributed by atoms with van der Waals surface area (Å²) in [6.45, 7) is 8.99. The number of amides is 1. The van der Waals surface area contributed by atoms with Crippen LogP contribution in [0.4, 0.5) is 5.88 Å². The number of carbonyl (C=O) groups excluding carboxylic acids is 1. The maximum Gasteiger partial charge on any atom is 0.240 e. The lowest BCUT2D eigenvalue weighted by atomic mass is 9.92. The fraction of sp³-hybridized carbons (Fsp3) is 0.625.